The topological polar surface area (TPSA) is 43.9 Å². The van der Waals surface area contributed by atoms with Gasteiger partial charge in [0, 0.05) is 38.8 Å². The third-order valence-corrected chi connectivity index (χ3v) is 6.24. The summed E-state index contributed by atoms with van der Waals surface area (Å²) >= 11 is 0. The Balaban J connectivity index is 0.00000256. The molecule has 30 heavy (non-hydrogen) atoms. The highest BCUT2D eigenvalue weighted by Gasteiger charge is 2.34. The van der Waals surface area contributed by atoms with Crippen molar-refractivity contribution >= 4 is 25.4 Å². The average Bonchev–Trinajstić information content (AvgIpc) is 3.42. The molecule has 0 aromatic heterocycles. The van der Waals surface area contributed by atoms with E-state index < -0.39 is 0 Å². The van der Waals surface area contributed by atoms with E-state index in [2.05, 4.69) is 19.1 Å². The zero-order valence-corrected chi connectivity index (χ0v) is 18.8. The van der Waals surface area contributed by atoms with Crippen LogP contribution in [0.15, 0.2) is 54.6 Å². The number of rotatable bonds is 3. The normalized spacial score (nSPS) is 20.7. The number of likely N-dealkylation sites (N-methyl/N-ethyl adjacent to an activating group) is 1. The second-order valence-electron chi connectivity index (χ2n) is 8.37. The van der Waals surface area contributed by atoms with Crippen LogP contribution >= 0.6 is 13.5 Å². The molecule has 160 valence electrons. The van der Waals surface area contributed by atoms with Crippen molar-refractivity contribution in [3.63, 3.8) is 0 Å². The van der Waals surface area contributed by atoms with Crippen LogP contribution in [-0.4, -0.2) is 65.9 Å². The number of nitrogens with zero attached hydrogens (tertiary/aromatic N) is 3. The Kier molecular flexibility index (Phi) is 7.08. The molecule has 0 bridgehead atoms. The molecular weight excluding hydrogens is 394 g/mol. The summed E-state index contributed by atoms with van der Waals surface area (Å²) in [6.45, 7) is 5.23. The van der Waals surface area contributed by atoms with Gasteiger partial charge in [0.05, 0.1) is 6.04 Å². The van der Waals surface area contributed by atoms with Gasteiger partial charge in [-0.1, -0.05) is 49.4 Å². The van der Waals surface area contributed by atoms with E-state index in [0.717, 1.165) is 43.6 Å². The van der Waals surface area contributed by atoms with Crippen LogP contribution in [0, 0.1) is 5.92 Å². The molecule has 2 aromatic rings. The summed E-state index contributed by atoms with van der Waals surface area (Å²) in [5.74, 6) is 0.596. The fourth-order valence-corrected chi connectivity index (χ4v) is 4.35. The lowest BCUT2D eigenvalue weighted by molar-refractivity contribution is 0.0735. The Hall–Kier alpha value is -2.47. The van der Waals surface area contributed by atoms with Crippen LogP contribution < -0.4 is 0 Å². The molecule has 0 N–H and O–H groups in total. The van der Waals surface area contributed by atoms with Gasteiger partial charge in [0.25, 0.3) is 5.91 Å². The van der Waals surface area contributed by atoms with Gasteiger partial charge in [0.15, 0.2) is 0 Å². The van der Waals surface area contributed by atoms with E-state index >= 15 is 0 Å². The summed E-state index contributed by atoms with van der Waals surface area (Å²) in [6, 6.07) is 18.1. The number of urea groups is 1. The number of amides is 3. The maximum Gasteiger partial charge on any atom is 0.320 e. The molecular formula is C24H31N3O2S. The molecule has 2 heterocycles. The number of benzene rings is 2. The van der Waals surface area contributed by atoms with Crippen molar-refractivity contribution in [2.75, 3.05) is 33.2 Å². The van der Waals surface area contributed by atoms with Crippen LogP contribution in [0.5, 0.6) is 0 Å². The highest BCUT2D eigenvalue weighted by atomic mass is 32.1. The molecule has 2 aliphatic rings. The smallest absolute Gasteiger partial charge is 0.320 e. The van der Waals surface area contributed by atoms with Gasteiger partial charge < -0.3 is 14.7 Å². The molecule has 1 unspecified atom stereocenters. The maximum atomic E-state index is 13.0. The van der Waals surface area contributed by atoms with Gasteiger partial charge in [-0.25, -0.2) is 4.79 Å². The molecule has 0 saturated carbocycles. The largest absolute Gasteiger partial charge is 0.337 e. The SMILES string of the molecule is CC1CCN(C(=O)N2CC[C@H](N(C)C(=O)c3ccc(-c4ccccc4)cc3)C2)C1.S. The molecule has 4 rings (SSSR count). The third-order valence-electron chi connectivity index (χ3n) is 6.24. The highest BCUT2D eigenvalue weighted by molar-refractivity contribution is 7.59. The van der Waals surface area contributed by atoms with Gasteiger partial charge in [-0.3, -0.25) is 4.79 Å². The van der Waals surface area contributed by atoms with Gasteiger partial charge in [0.1, 0.15) is 0 Å². The molecule has 0 radical (unpaired) electrons. The van der Waals surface area contributed by atoms with Crippen molar-refractivity contribution in [3.8, 4) is 11.1 Å². The van der Waals surface area contributed by atoms with Crippen LogP contribution in [0.2, 0.25) is 0 Å². The highest BCUT2D eigenvalue weighted by Crippen LogP contribution is 2.23. The summed E-state index contributed by atoms with van der Waals surface area (Å²) in [6.07, 6.45) is 1.92. The number of hydrogen-bond donors (Lipinski definition) is 0. The van der Waals surface area contributed by atoms with Crippen molar-refractivity contribution in [2.45, 2.75) is 25.8 Å². The third kappa shape index (κ3) is 4.64. The number of likely N-dealkylation sites (tertiary alicyclic amines) is 2. The van der Waals surface area contributed by atoms with E-state index in [-0.39, 0.29) is 31.5 Å². The van der Waals surface area contributed by atoms with Gasteiger partial charge in [-0.2, -0.15) is 13.5 Å². The fourth-order valence-electron chi connectivity index (χ4n) is 4.35. The van der Waals surface area contributed by atoms with Gasteiger partial charge >= 0.3 is 6.03 Å². The van der Waals surface area contributed by atoms with Gasteiger partial charge in [-0.15, -0.1) is 0 Å². The van der Waals surface area contributed by atoms with Crippen molar-refractivity contribution in [2.24, 2.45) is 5.92 Å². The molecule has 6 heteroatoms. The van der Waals surface area contributed by atoms with Crippen LogP contribution in [0.3, 0.4) is 0 Å². The summed E-state index contributed by atoms with van der Waals surface area (Å²) in [4.78, 5) is 31.4. The second-order valence-corrected chi connectivity index (χ2v) is 8.37. The Labute approximate surface area is 186 Å². The summed E-state index contributed by atoms with van der Waals surface area (Å²) in [7, 11) is 1.85. The molecule has 3 amide bonds. The zero-order valence-electron chi connectivity index (χ0n) is 17.8. The Morgan fingerprint density at radius 1 is 0.867 bits per heavy atom. The first-order chi connectivity index (χ1) is 14.0. The molecule has 2 atom stereocenters. The van der Waals surface area contributed by atoms with Crippen LogP contribution in [0.25, 0.3) is 11.1 Å². The lowest BCUT2D eigenvalue weighted by Gasteiger charge is -2.27. The van der Waals surface area contributed by atoms with Crippen molar-refractivity contribution in [3.05, 3.63) is 60.2 Å². The van der Waals surface area contributed by atoms with Crippen LogP contribution in [-0.2, 0) is 0 Å². The minimum absolute atomic E-state index is 0. The number of hydrogen-bond acceptors (Lipinski definition) is 2. The van der Waals surface area contributed by atoms with Crippen molar-refractivity contribution < 1.29 is 9.59 Å². The van der Waals surface area contributed by atoms with E-state index in [1.54, 1.807) is 4.90 Å². The first-order valence-corrected chi connectivity index (χ1v) is 10.5. The predicted octanol–water partition coefficient (Wildman–Crippen LogP) is 4.07. The monoisotopic (exact) mass is 425 g/mol. The summed E-state index contributed by atoms with van der Waals surface area (Å²) in [5.41, 5.74) is 2.92. The first-order valence-electron chi connectivity index (χ1n) is 10.5. The number of carbonyl (C=O) groups is 2. The summed E-state index contributed by atoms with van der Waals surface area (Å²) < 4.78 is 0. The molecule has 0 aliphatic carbocycles. The second kappa shape index (κ2) is 9.56. The molecule has 2 fully saturated rings. The first kappa shape index (κ1) is 22.2. The average molecular weight is 426 g/mol. The minimum Gasteiger partial charge on any atom is -0.337 e. The molecule has 2 aromatic carbocycles. The van der Waals surface area contributed by atoms with E-state index in [4.69, 9.17) is 0 Å². The Bertz CT molecular complexity index is 872. The molecule has 2 aliphatic heterocycles. The van der Waals surface area contributed by atoms with Gasteiger partial charge in [0.2, 0.25) is 0 Å². The Morgan fingerprint density at radius 3 is 2.10 bits per heavy atom. The number of carbonyl (C=O) groups excluding carboxylic acids is 2. The van der Waals surface area contributed by atoms with E-state index in [1.807, 2.05) is 59.3 Å². The van der Waals surface area contributed by atoms with E-state index in [0.29, 0.717) is 18.0 Å². The van der Waals surface area contributed by atoms with Gasteiger partial charge in [-0.05, 0) is 42.0 Å². The zero-order chi connectivity index (χ0) is 20.4. The predicted molar refractivity (Wildman–Crippen MR) is 125 cm³/mol. The van der Waals surface area contributed by atoms with E-state index in [9.17, 15) is 9.59 Å². The van der Waals surface area contributed by atoms with Crippen molar-refractivity contribution in [1.29, 1.82) is 0 Å². The molecule has 0 spiro atoms. The maximum absolute atomic E-state index is 13.0. The summed E-state index contributed by atoms with van der Waals surface area (Å²) in [5, 5.41) is 0. The van der Waals surface area contributed by atoms with Crippen molar-refractivity contribution in [1.82, 2.24) is 14.7 Å². The quantitative estimate of drug-likeness (QED) is 0.744. The minimum atomic E-state index is 0. The Morgan fingerprint density at radius 2 is 1.47 bits per heavy atom. The standard InChI is InChI=1S/C24H29N3O2.H2S/c1-18-12-14-26(16-18)24(29)27-15-13-22(17-27)25(2)23(28)21-10-8-20(9-11-21)19-6-4-3-5-7-19;/h3-11,18,22H,12-17H2,1-2H3;1H2/t18?,22-;/m0./s1. The van der Waals surface area contributed by atoms with Crippen LogP contribution in [0.1, 0.15) is 30.1 Å². The fraction of sp³-hybridized carbons (Fsp3) is 0.417. The lowest BCUT2D eigenvalue weighted by atomic mass is 10.0. The van der Waals surface area contributed by atoms with Crippen LogP contribution in [0.4, 0.5) is 4.79 Å². The molecule has 2 saturated heterocycles. The molecule has 5 nitrogen and oxygen atoms in total. The van der Waals surface area contributed by atoms with E-state index in [1.165, 1.54) is 0 Å². The lowest BCUT2D eigenvalue weighted by Crippen LogP contribution is -2.44.